The lowest BCUT2D eigenvalue weighted by molar-refractivity contribution is -0.119. The number of carbonyl (C=O) groups excluding carboxylic acids is 1. The molecule has 2 fully saturated rings. The zero-order chi connectivity index (χ0) is 15.5. The van der Waals surface area contributed by atoms with Crippen molar-refractivity contribution >= 4 is 17.5 Å². The van der Waals surface area contributed by atoms with Crippen LogP contribution >= 0.6 is 11.6 Å². The largest absolute Gasteiger partial charge is 0.387 e. The molecule has 0 saturated carbocycles. The fourth-order valence-electron chi connectivity index (χ4n) is 3.72. The van der Waals surface area contributed by atoms with Crippen LogP contribution in [0, 0.1) is 5.92 Å². The van der Waals surface area contributed by atoms with Crippen LogP contribution in [0.5, 0.6) is 0 Å². The van der Waals surface area contributed by atoms with Crippen molar-refractivity contribution in [1.82, 2.24) is 10.2 Å². The molecule has 5 heteroatoms. The van der Waals surface area contributed by atoms with Crippen molar-refractivity contribution in [1.29, 1.82) is 0 Å². The van der Waals surface area contributed by atoms with Crippen LogP contribution in [-0.2, 0) is 4.79 Å². The maximum atomic E-state index is 11.5. The van der Waals surface area contributed by atoms with Gasteiger partial charge >= 0.3 is 0 Å². The van der Waals surface area contributed by atoms with Crippen LogP contribution in [0.2, 0.25) is 5.02 Å². The zero-order valence-corrected chi connectivity index (χ0v) is 13.4. The van der Waals surface area contributed by atoms with E-state index in [9.17, 15) is 9.90 Å². The third-order valence-corrected chi connectivity index (χ3v) is 5.09. The molecular weight excluding hydrogens is 300 g/mol. The van der Waals surface area contributed by atoms with Crippen LogP contribution in [-0.4, -0.2) is 41.6 Å². The first-order chi connectivity index (χ1) is 10.6. The molecule has 2 aliphatic heterocycles. The van der Waals surface area contributed by atoms with E-state index >= 15 is 0 Å². The van der Waals surface area contributed by atoms with Gasteiger partial charge in [-0.2, -0.15) is 0 Å². The number of carbonyl (C=O) groups is 1. The van der Waals surface area contributed by atoms with Gasteiger partial charge in [0.2, 0.25) is 5.91 Å². The normalized spacial score (nSPS) is 27.6. The Hall–Kier alpha value is -1.10. The van der Waals surface area contributed by atoms with Crippen LogP contribution in [0.15, 0.2) is 24.3 Å². The van der Waals surface area contributed by atoms with E-state index in [2.05, 4.69) is 10.2 Å². The van der Waals surface area contributed by atoms with Crippen molar-refractivity contribution in [3.63, 3.8) is 0 Å². The Morgan fingerprint density at radius 1 is 1.41 bits per heavy atom. The molecule has 3 atom stereocenters. The van der Waals surface area contributed by atoms with Crippen molar-refractivity contribution in [2.75, 3.05) is 19.6 Å². The Morgan fingerprint density at radius 3 is 3.00 bits per heavy atom. The van der Waals surface area contributed by atoms with Gasteiger partial charge in [-0.3, -0.25) is 9.69 Å². The zero-order valence-electron chi connectivity index (χ0n) is 12.7. The lowest BCUT2D eigenvalue weighted by Crippen LogP contribution is -2.46. The highest BCUT2D eigenvalue weighted by Gasteiger charge is 2.35. The third-order valence-electron chi connectivity index (χ3n) is 4.86. The minimum absolute atomic E-state index is 0.158. The molecule has 22 heavy (non-hydrogen) atoms. The van der Waals surface area contributed by atoms with Gasteiger partial charge in [0.1, 0.15) is 0 Å². The molecule has 4 nitrogen and oxygen atoms in total. The van der Waals surface area contributed by atoms with Crippen LogP contribution < -0.4 is 5.32 Å². The molecule has 0 aromatic heterocycles. The number of aliphatic hydroxyl groups is 1. The summed E-state index contributed by atoms with van der Waals surface area (Å²) in [7, 11) is 0. The second kappa shape index (κ2) is 6.99. The molecule has 120 valence electrons. The number of hydrogen-bond donors (Lipinski definition) is 2. The number of nitrogens with zero attached hydrogens (tertiary/aromatic N) is 1. The second-order valence-electron chi connectivity index (χ2n) is 6.40. The number of piperidine rings is 1. The standard InChI is InChI=1S/C17H23ClN2O2/c18-14-5-3-4-12(8-14)16(21)11-20-7-2-1-6-15(20)13-9-17(22)19-10-13/h3-5,8,13,15-16,21H,1-2,6-7,9-11H2,(H,19,22). The molecule has 0 spiro atoms. The molecule has 1 amide bonds. The van der Waals surface area contributed by atoms with Crippen LogP contribution in [0.4, 0.5) is 0 Å². The van der Waals surface area contributed by atoms with Gasteiger partial charge < -0.3 is 10.4 Å². The summed E-state index contributed by atoms with van der Waals surface area (Å²) in [5.74, 6) is 0.533. The number of halogens is 1. The smallest absolute Gasteiger partial charge is 0.220 e. The Labute approximate surface area is 136 Å². The summed E-state index contributed by atoms with van der Waals surface area (Å²) >= 11 is 6.01. The third kappa shape index (κ3) is 3.62. The van der Waals surface area contributed by atoms with E-state index in [-0.39, 0.29) is 5.91 Å². The summed E-state index contributed by atoms with van der Waals surface area (Å²) in [5.41, 5.74) is 0.859. The maximum Gasteiger partial charge on any atom is 0.220 e. The molecule has 2 saturated heterocycles. The van der Waals surface area contributed by atoms with E-state index in [0.717, 1.165) is 31.5 Å². The van der Waals surface area contributed by atoms with Crippen molar-refractivity contribution in [3.05, 3.63) is 34.9 Å². The molecular formula is C17H23ClN2O2. The maximum absolute atomic E-state index is 11.5. The van der Waals surface area contributed by atoms with Gasteiger partial charge in [-0.1, -0.05) is 30.2 Å². The number of amides is 1. The lowest BCUT2D eigenvalue weighted by atomic mass is 9.89. The van der Waals surface area contributed by atoms with Crippen molar-refractivity contribution in [3.8, 4) is 0 Å². The monoisotopic (exact) mass is 322 g/mol. The predicted molar refractivity (Wildman–Crippen MR) is 86.7 cm³/mol. The number of aliphatic hydroxyl groups excluding tert-OH is 1. The fourth-order valence-corrected chi connectivity index (χ4v) is 3.92. The minimum Gasteiger partial charge on any atom is -0.387 e. The summed E-state index contributed by atoms with van der Waals surface area (Å²) in [6, 6.07) is 7.81. The summed E-state index contributed by atoms with van der Waals surface area (Å²) in [4.78, 5) is 13.9. The summed E-state index contributed by atoms with van der Waals surface area (Å²) in [5, 5.41) is 14.1. The van der Waals surface area contributed by atoms with Crippen molar-refractivity contribution in [2.45, 2.75) is 37.8 Å². The molecule has 3 rings (SSSR count). The van der Waals surface area contributed by atoms with E-state index in [4.69, 9.17) is 11.6 Å². The first-order valence-corrected chi connectivity index (χ1v) is 8.45. The highest BCUT2D eigenvalue weighted by atomic mass is 35.5. The van der Waals surface area contributed by atoms with Crippen LogP contribution in [0.1, 0.15) is 37.4 Å². The van der Waals surface area contributed by atoms with Crippen LogP contribution in [0.3, 0.4) is 0 Å². The van der Waals surface area contributed by atoms with Gasteiger partial charge in [0.15, 0.2) is 0 Å². The van der Waals surface area contributed by atoms with Gasteiger partial charge in [0.25, 0.3) is 0 Å². The molecule has 0 radical (unpaired) electrons. The number of benzene rings is 1. The second-order valence-corrected chi connectivity index (χ2v) is 6.83. The first-order valence-electron chi connectivity index (χ1n) is 8.08. The fraction of sp³-hybridized carbons (Fsp3) is 0.588. The van der Waals surface area contributed by atoms with E-state index in [1.54, 1.807) is 0 Å². The number of likely N-dealkylation sites (tertiary alicyclic amines) is 1. The Bertz CT molecular complexity index is 537. The van der Waals surface area contributed by atoms with Crippen LogP contribution in [0.25, 0.3) is 0 Å². The quantitative estimate of drug-likeness (QED) is 0.895. The molecule has 2 heterocycles. The molecule has 2 N–H and O–H groups in total. The summed E-state index contributed by atoms with van der Waals surface area (Å²) < 4.78 is 0. The van der Waals surface area contributed by atoms with Gasteiger partial charge in [-0.15, -0.1) is 0 Å². The highest BCUT2D eigenvalue weighted by molar-refractivity contribution is 6.30. The van der Waals surface area contributed by atoms with E-state index in [0.29, 0.717) is 29.9 Å². The Balaban J connectivity index is 1.67. The average Bonchev–Trinajstić information content (AvgIpc) is 2.94. The van der Waals surface area contributed by atoms with Crippen molar-refractivity contribution < 1.29 is 9.90 Å². The van der Waals surface area contributed by atoms with Gasteiger partial charge in [0.05, 0.1) is 6.10 Å². The molecule has 3 unspecified atom stereocenters. The summed E-state index contributed by atoms with van der Waals surface area (Å²) in [6.45, 7) is 2.37. The topological polar surface area (TPSA) is 52.6 Å². The van der Waals surface area contributed by atoms with E-state index in [1.807, 2.05) is 24.3 Å². The molecule has 2 aliphatic rings. The SMILES string of the molecule is O=C1CC(C2CCCCN2CC(O)c2cccc(Cl)c2)CN1. The summed E-state index contributed by atoms with van der Waals surface area (Å²) in [6.07, 6.45) is 3.56. The van der Waals surface area contributed by atoms with Gasteiger partial charge in [0, 0.05) is 36.5 Å². The number of hydrogen-bond acceptors (Lipinski definition) is 3. The van der Waals surface area contributed by atoms with E-state index < -0.39 is 6.10 Å². The lowest BCUT2D eigenvalue weighted by Gasteiger charge is -2.39. The van der Waals surface area contributed by atoms with Gasteiger partial charge in [-0.05, 0) is 37.1 Å². The van der Waals surface area contributed by atoms with E-state index in [1.165, 1.54) is 6.42 Å². The Kier molecular flexibility index (Phi) is 5.01. The molecule has 1 aromatic carbocycles. The molecule has 1 aromatic rings. The number of β-amino-alcohol motifs (C(OH)–C–C–N with tert-alkyl or cyclic N) is 1. The average molecular weight is 323 g/mol. The molecule has 0 aliphatic carbocycles. The highest BCUT2D eigenvalue weighted by Crippen LogP contribution is 2.29. The molecule has 0 bridgehead atoms. The minimum atomic E-state index is -0.538. The first kappa shape index (κ1) is 15.8. The van der Waals surface area contributed by atoms with Gasteiger partial charge in [-0.25, -0.2) is 0 Å². The predicted octanol–water partition coefficient (Wildman–Crippen LogP) is 2.36. The Morgan fingerprint density at radius 2 is 2.27 bits per heavy atom. The number of nitrogens with one attached hydrogen (secondary N) is 1. The number of rotatable bonds is 4. The van der Waals surface area contributed by atoms with Crippen molar-refractivity contribution in [2.24, 2.45) is 5.92 Å².